The first-order chi connectivity index (χ1) is 15.6. The maximum atomic E-state index is 12.7. The van der Waals surface area contributed by atoms with Crippen LogP contribution in [0.2, 0.25) is 0 Å². The molecule has 1 aliphatic rings. The number of anilines is 1. The van der Waals surface area contributed by atoms with Gasteiger partial charge in [-0.05, 0) is 44.4 Å². The second-order valence-corrected chi connectivity index (χ2v) is 7.96. The lowest BCUT2D eigenvalue weighted by Gasteiger charge is -2.41. The summed E-state index contributed by atoms with van der Waals surface area (Å²) in [5.41, 5.74) is 0.994. The summed E-state index contributed by atoms with van der Waals surface area (Å²) in [6.45, 7) is 6.69. The highest BCUT2D eigenvalue weighted by Gasteiger charge is 2.41. The van der Waals surface area contributed by atoms with E-state index in [9.17, 15) is 9.90 Å². The average molecular weight is 433 g/mol. The number of phenolic OH excluding ortho intramolecular Hbond substituents is 1. The normalized spacial score (nSPS) is 15.4. The minimum Gasteiger partial charge on any atom is -0.508 e. The molecule has 1 N–H and O–H groups in total. The van der Waals surface area contributed by atoms with Crippen LogP contribution < -0.4 is 4.90 Å². The summed E-state index contributed by atoms with van der Waals surface area (Å²) in [5, 5.41) is 10.1. The molecule has 0 saturated carbocycles. The van der Waals surface area contributed by atoms with Crippen LogP contribution in [0.1, 0.15) is 48.4 Å². The van der Waals surface area contributed by atoms with Crippen LogP contribution >= 0.6 is 0 Å². The monoisotopic (exact) mass is 432 g/mol. The van der Waals surface area contributed by atoms with Crippen LogP contribution in [0, 0.1) is 0 Å². The quantitative estimate of drug-likeness (QED) is 0.640. The third kappa shape index (κ3) is 4.12. The summed E-state index contributed by atoms with van der Waals surface area (Å²) in [6.07, 6.45) is 9.88. The lowest BCUT2D eigenvalue weighted by molar-refractivity contribution is 0.0772. The van der Waals surface area contributed by atoms with E-state index in [0.717, 1.165) is 37.3 Å². The fourth-order valence-electron chi connectivity index (χ4n) is 4.40. The maximum Gasteiger partial charge on any atom is 0.256 e. The summed E-state index contributed by atoms with van der Waals surface area (Å²) in [5.74, 6) is 1.66. The number of carbonyl (C=O) groups is 1. The van der Waals surface area contributed by atoms with Gasteiger partial charge >= 0.3 is 0 Å². The van der Waals surface area contributed by atoms with Crippen molar-refractivity contribution in [2.75, 3.05) is 31.1 Å². The number of hydrogen-bond acceptors (Lipinski definition) is 7. The molecule has 0 radical (unpaired) electrons. The molecular weight excluding hydrogens is 404 g/mol. The van der Waals surface area contributed by atoms with Crippen molar-refractivity contribution in [1.82, 2.24) is 24.8 Å². The number of piperidine rings is 1. The Bertz CT molecular complexity index is 1050. The SMILES string of the molecule is CCN(CC)C(=O)c1cnc(C2(c3cccc(O)c3)CCN(c3cnccn3)CC2)nc1. The Balaban J connectivity index is 1.66. The number of amides is 1. The number of aromatic nitrogens is 4. The van der Waals surface area contributed by atoms with Crippen molar-refractivity contribution < 1.29 is 9.90 Å². The van der Waals surface area contributed by atoms with Crippen LogP contribution in [0.5, 0.6) is 5.75 Å². The van der Waals surface area contributed by atoms with E-state index in [-0.39, 0.29) is 11.7 Å². The molecular formula is C24H28N6O2. The number of benzene rings is 1. The molecule has 4 rings (SSSR count). The topological polar surface area (TPSA) is 95.3 Å². The highest BCUT2D eigenvalue weighted by molar-refractivity contribution is 5.93. The molecule has 0 unspecified atom stereocenters. The fraction of sp³-hybridized carbons (Fsp3) is 0.375. The molecule has 3 heterocycles. The van der Waals surface area contributed by atoms with Crippen molar-refractivity contribution in [3.63, 3.8) is 0 Å². The van der Waals surface area contributed by atoms with Gasteiger partial charge in [-0.25, -0.2) is 15.0 Å². The van der Waals surface area contributed by atoms with Gasteiger partial charge in [0.15, 0.2) is 0 Å². The van der Waals surface area contributed by atoms with Gasteiger partial charge in [0.05, 0.1) is 17.2 Å². The minimum absolute atomic E-state index is 0.0644. The fourth-order valence-corrected chi connectivity index (χ4v) is 4.40. The van der Waals surface area contributed by atoms with Crippen LogP contribution in [0.3, 0.4) is 0 Å². The predicted octanol–water partition coefficient (Wildman–Crippen LogP) is 3.04. The van der Waals surface area contributed by atoms with Crippen molar-refractivity contribution in [2.45, 2.75) is 32.1 Å². The Morgan fingerprint density at radius 3 is 2.38 bits per heavy atom. The van der Waals surface area contributed by atoms with Gasteiger partial charge in [0.25, 0.3) is 5.91 Å². The largest absolute Gasteiger partial charge is 0.508 e. The summed E-state index contributed by atoms with van der Waals surface area (Å²) in [7, 11) is 0. The van der Waals surface area contributed by atoms with Gasteiger partial charge in [-0.15, -0.1) is 0 Å². The molecule has 166 valence electrons. The third-order valence-corrected chi connectivity index (χ3v) is 6.27. The summed E-state index contributed by atoms with van der Waals surface area (Å²) in [4.78, 5) is 34.6. The lowest BCUT2D eigenvalue weighted by Crippen LogP contribution is -2.44. The zero-order chi connectivity index (χ0) is 22.6. The zero-order valence-corrected chi connectivity index (χ0v) is 18.5. The molecule has 32 heavy (non-hydrogen) atoms. The van der Waals surface area contributed by atoms with Crippen LogP contribution in [-0.4, -0.2) is 62.0 Å². The molecule has 1 amide bonds. The Kier molecular flexibility index (Phi) is 6.30. The molecule has 0 spiro atoms. The van der Waals surface area contributed by atoms with Crippen LogP contribution in [0.25, 0.3) is 0 Å². The van der Waals surface area contributed by atoms with Crippen molar-refractivity contribution in [2.24, 2.45) is 0 Å². The standard InChI is InChI=1S/C24H28N6O2/c1-3-29(4-2)22(32)18-15-27-23(28-16-18)24(19-6-5-7-20(31)14-19)8-12-30(13-9-24)21-17-25-10-11-26-21/h5-7,10-11,14-17,31H,3-4,8-9,12-13H2,1-2H3. The Hall–Kier alpha value is -3.55. The molecule has 3 aromatic rings. The van der Waals surface area contributed by atoms with Gasteiger partial charge in [-0.1, -0.05) is 12.1 Å². The smallest absolute Gasteiger partial charge is 0.256 e. The molecule has 1 aliphatic heterocycles. The number of nitrogens with zero attached hydrogens (tertiary/aromatic N) is 6. The molecule has 0 bridgehead atoms. The van der Waals surface area contributed by atoms with Crippen molar-refractivity contribution in [1.29, 1.82) is 0 Å². The van der Waals surface area contributed by atoms with Crippen molar-refractivity contribution in [3.8, 4) is 5.75 Å². The van der Waals surface area contributed by atoms with E-state index < -0.39 is 5.41 Å². The van der Waals surface area contributed by atoms with E-state index in [1.165, 1.54) is 0 Å². The van der Waals surface area contributed by atoms with Gasteiger partial charge < -0.3 is 14.9 Å². The predicted molar refractivity (Wildman–Crippen MR) is 122 cm³/mol. The van der Waals surface area contributed by atoms with E-state index in [4.69, 9.17) is 0 Å². The second-order valence-electron chi connectivity index (χ2n) is 7.96. The maximum absolute atomic E-state index is 12.7. The van der Waals surface area contributed by atoms with Crippen molar-refractivity contribution in [3.05, 3.63) is 72.2 Å². The van der Waals surface area contributed by atoms with Crippen LogP contribution in [0.4, 0.5) is 5.82 Å². The first kappa shape index (κ1) is 21.7. The number of phenols is 1. The molecule has 1 aromatic carbocycles. The van der Waals surface area contributed by atoms with E-state index in [2.05, 4.69) is 24.8 Å². The Morgan fingerprint density at radius 2 is 1.78 bits per heavy atom. The average Bonchev–Trinajstić information content (AvgIpc) is 2.85. The van der Waals surface area contributed by atoms with Crippen LogP contribution in [0.15, 0.2) is 55.2 Å². The Morgan fingerprint density at radius 1 is 1.06 bits per heavy atom. The molecule has 0 aliphatic carbocycles. The van der Waals surface area contributed by atoms with Crippen LogP contribution in [-0.2, 0) is 5.41 Å². The first-order valence-corrected chi connectivity index (χ1v) is 11.0. The van der Waals surface area contributed by atoms with Gasteiger partial charge in [-0.3, -0.25) is 9.78 Å². The number of aromatic hydroxyl groups is 1. The highest BCUT2D eigenvalue weighted by atomic mass is 16.3. The van der Waals surface area contributed by atoms with Gasteiger partial charge in [0.1, 0.15) is 17.4 Å². The van der Waals surface area contributed by atoms with E-state index in [1.54, 1.807) is 48.0 Å². The zero-order valence-electron chi connectivity index (χ0n) is 18.5. The van der Waals surface area contributed by atoms with Gasteiger partial charge in [0.2, 0.25) is 0 Å². The number of rotatable bonds is 6. The summed E-state index contributed by atoms with van der Waals surface area (Å²) in [6, 6.07) is 7.31. The van der Waals surface area contributed by atoms with Gasteiger partial charge in [-0.2, -0.15) is 0 Å². The molecule has 8 nitrogen and oxygen atoms in total. The number of carbonyl (C=O) groups excluding carboxylic acids is 1. The molecule has 0 atom stereocenters. The summed E-state index contributed by atoms with van der Waals surface area (Å²) >= 11 is 0. The third-order valence-electron chi connectivity index (χ3n) is 6.27. The molecule has 8 heteroatoms. The molecule has 1 saturated heterocycles. The minimum atomic E-state index is -0.464. The van der Waals surface area contributed by atoms with Gasteiger partial charge in [0, 0.05) is 51.0 Å². The first-order valence-electron chi connectivity index (χ1n) is 11.0. The highest BCUT2D eigenvalue weighted by Crippen LogP contribution is 2.41. The van der Waals surface area contributed by atoms with E-state index >= 15 is 0 Å². The van der Waals surface area contributed by atoms with E-state index in [0.29, 0.717) is 24.5 Å². The lowest BCUT2D eigenvalue weighted by atomic mass is 9.72. The molecule has 2 aromatic heterocycles. The van der Waals surface area contributed by atoms with E-state index in [1.807, 2.05) is 26.0 Å². The summed E-state index contributed by atoms with van der Waals surface area (Å²) < 4.78 is 0. The Labute approximate surface area is 188 Å². The molecule has 1 fully saturated rings. The number of hydrogen-bond donors (Lipinski definition) is 1. The second kappa shape index (κ2) is 9.30. The van der Waals surface area contributed by atoms with Crippen molar-refractivity contribution >= 4 is 11.7 Å².